The molecule has 5 nitrogen and oxygen atoms in total. The minimum Gasteiger partial charge on any atom is -0.478 e. The first kappa shape index (κ1) is 14.5. The van der Waals surface area contributed by atoms with Crippen LogP contribution in [0.15, 0.2) is 48.5 Å². The number of hydrogen-bond donors (Lipinski definition) is 2. The van der Waals surface area contributed by atoms with Crippen molar-refractivity contribution in [2.45, 2.75) is 6.92 Å². The molecular weight excluding hydrogens is 268 g/mol. The minimum atomic E-state index is -1.09. The molecule has 2 N–H and O–H groups in total. The van der Waals surface area contributed by atoms with Crippen LogP contribution < -0.4 is 5.32 Å². The number of amides is 1. The first-order chi connectivity index (χ1) is 10.1. The highest BCUT2D eigenvalue weighted by molar-refractivity contribution is 6.05. The molecule has 0 saturated heterocycles. The summed E-state index contributed by atoms with van der Waals surface area (Å²) in [6.07, 6.45) is 2.89. The average molecular weight is 282 g/mol. The molecule has 1 heterocycles. The zero-order valence-corrected chi connectivity index (χ0v) is 11.4. The molecule has 0 aliphatic carbocycles. The van der Waals surface area contributed by atoms with Crippen molar-refractivity contribution in [1.29, 1.82) is 0 Å². The molecule has 5 heteroatoms. The summed E-state index contributed by atoms with van der Waals surface area (Å²) < 4.78 is 0. The van der Waals surface area contributed by atoms with Crippen molar-refractivity contribution in [2.75, 3.05) is 5.32 Å². The Morgan fingerprint density at radius 2 is 1.90 bits per heavy atom. The summed E-state index contributed by atoms with van der Waals surface area (Å²) in [4.78, 5) is 27.1. The van der Waals surface area contributed by atoms with Crippen molar-refractivity contribution in [3.63, 3.8) is 0 Å². The maximum atomic E-state index is 11.8. The van der Waals surface area contributed by atoms with E-state index in [9.17, 15) is 9.59 Å². The fourth-order valence-corrected chi connectivity index (χ4v) is 1.77. The molecule has 2 aromatic rings. The lowest BCUT2D eigenvalue weighted by molar-refractivity contribution is -0.111. The van der Waals surface area contributed by atoms with Gasteiger partial charge in [0.05, 0.1) is 16.9 Å². The number of rotatable bonds is 4. The number of aromatic nitrogens is 1. The van der Waals surface area contributed by atoms with E-state index in [-0.39, 0.29) is 11.3 Å². The Morgan fingerprint density at radius 3 is 2.62 bits per heavy atom. The molecule has 0 atom stereocenters. The van der Waals surface area contributed by atoms with Gasteiger partial charge in [-0.3, -0.25) is 9.78 Å². The van der Waals surface area contributed by atoms with Crippen LogP contribution in [0.1, 0.15) is 21.7 Å². The van der Waals surface area contributed by atoms with Crippen LogP contribution in [0.25, 0.3) is 6.08 Å². The van der Waals surface area contributed by atoms with Gasteiger partial charge in [0.1, 0.15) is 0 Å². The Hall–Kier alpha value is -2.95. The van der Waals surface area contributed by atoms with Crippen LogP contribution >= 0.6 is 0 Å². The molecule has 106 valence electrons. The Morgan fingerprint density at radius 1 is 1.14 bits per heavy atom. The molecule has 0 unspecified atom stereocenters. The van der Waals surface area contributed by atoms with E-state index < -0.39 is 11.9 Å². The second-order valence-electron chi connectivity index (χ2n) is 4.38. The lowest BCUT2D eigenvalue weighted by Crippen LogP contribution is -2.11. The number of benzene rings is 1. The average Bonchev–Trinajstić information content (AvgIpc) is 2.45. The predicted molar refractivity (Wildman–Crippen MR) is 80.0 cm³/mol. The number of carboxylic acids is 1. The number of para-hydroxylation sites is 1. The third kappa shape index (κ3) is 4.01. The minimum absolute atomic E-state index is 0.0490. The normalized spacial score (nSPS) is 10.5. The molecular formula is C16H14N2O3. The number of aromatic carboxylic acids is 1. The Kier molecular flexibility index (Phi) is 4.46. The quantitative estimate of drug-likeness (QED) is 0.845. The standard InChI is InChI=1S/C16H14N2O3/c1-11-5-4-6-12(17-11)9-10-15(19)18-14-8-3-2-7-13(14)16(20)21/h2-10H,1H3,(H,18,19)(H,20,21)/b10-9+. The summed E-state index contributed by atoms with van der Waals surface area (Å²) in [5.74, 6) is -1.50. The van der Waals surface area contributed by atoms with Gasteiger partial charge in [0.2, 0.25) is 5.91 Å². The number of anilines is 1. The van der Waals surface area contributed by atoms with E-state index in [0.717, 1.165) is 5.69 Å². The highest BCUT2D eigenvalue weighted by Gasteiger charge is 2.10. The zero-order chi connectivity index (χ0) is 15.2. The second-order valence-corrected chi connectivity index (χ2v) is 4.38. The van der Waals surface area contributed by atoms with Gasteiger partial charge in [-0.1, -0.05) is 18.2 Å². The third-order valence-electron chi connectivity index (χ3n) is 2.73. The van der Waals surface area contributed by atoms with Crippen molar-refractivity contribution in [1.82, 2.24) is 4.98 Å². The molecule has 0 saturated carbocycles. The van der Waals surface area contributed by atoms with Crippen LogP contribution in [0.2, 0.25) is 0 Å². The number of carbonyl (C=O) groups is 2. The molecule has 2 rings (SSSR count). The van der Waals surface area contributed by atoms with Gasteiger partial charge < -0.3 is 10.4 Å². The Labute approximate surface area is 122 Å². The van der Waals surface area contributed by atoms with Crippen LogP contribution in [0.4, 0.5) is 5.69 Å². The van der Waals surface area contributed by atoms with Gasteiger partial charge in [-0.25, -0.2) is 4.79 Å². The lowest BCUT2D eigenvalue weighted by atomic mass is 10.2. The summed E-state index contributed by atoms with van der Waals surface area (Å²) >= 11 is 0. The van der Waals surface area contributed by atoms with Gasteiger partial charge in [0, 0.05) is 11.8 Å². The molecule has 0 aliphatic rings. The fraction of sp³-hybridized carbons (Fsp3) is 0.0625. The lowest BCUT2D eigenvalue weighted by Gasteiger charge is -2.05. The fourth-order valence-electron chi connectivity index (χ4n) is 1.77. The Bertz CT molecular complexity index is 708. The molecule has 21 heavy (non-hydrogen) atoms. The van der Waals surface area contributed by atoms with Crippen LogP contribution in [-0.4, -0.2) is 22.0 Å². The van der Waals surface area contributed by atoms with E-state index in [4.69, 9.17) is 5.11 Å². The van der Waals surface area contributed by atoms with Crippen LogP contribution in [0, 0.1) is 6.92 Å². The van der Waals surface area contributed by atoms with Crippen LogP contribution in [-0.2, 0) is 4.79 Å². The SMILES string of the molecule is Cc1cccc(/C=C/C(=O)Nc2ccccc2C(=O)O)n1. The number of nitrogens with one attached hydrogen (secondary N) is 1. The van der Waals surface area contributed by atoms with Gasteiger partial charge >= 0.3 is 5.97 Å². The van der Waals surface area contributed by atoms with Gasteiger partial charge in [0.15, 0.2) is 0 Å². The van der Waals surface area contributed by atoms with Crippen molar-refractivity contribution in [3.05, 3.63) is 65.5 Å². The highest BCUT2D eigenvalue weighted by Crippen LogP contribution is 2.14. The van der Waals surface area contributed by atoms with E-state index >= 15 is 0 Å². The van der Waals surface area contributed by atoms with Crippen molar-refractivity contribution < 1.29 is 14.7 Å². The number of pyridine rings is 1. The topological polar surface area (TPSA) is 79.3 Å². The van der Waals surface area contributed by atoms with Gasteiger partial charge in [-0.15, -0.1) is 0 Å². The van der Waals surface area contributed by atoms with Crippen molar-refractivity contribution >= 4 is 23.6 Å². The Balaban J connectivity index is 2.10. The molecule has 0 aliphatic heterocycles. The molecule has 0 spiro atoms. The molecule has 0 radical (unpaired) electrons. The van der Waals surface area contributed by atoms with Crippen LogP contribution in [0.5, 0.6) is 0 Å². The van der Waals surface area contributed by atoms with Crippen molar-refractivity contribution in [2.24, 2.45) is 0 Å². The van der Waals surface area contributed by atoms with E-state index in [1.165, 1.54) is 12.1 Å². The second kappa shape index (κ2) is 6.47. The zero-order valence-electron chi connectivity index (χ0n) is 11.4. The van der Waals surface area contributed by atoms with Crippen LogP contribution in [0.3, 0.4) is 0 Å². The molecule has 0 bridgehead atoms. The maximum absolute atomic E-state index is 11.8. The van der Waals surface area contributed by atoms with Crippen molar-refractivity contribution in [3.8, 4) is 0 Å². The largest absolute Gasteiger partial charge is 0.478 e. The van der Waals surface area contributed by atoms with E-state index in [2.05, 4.69) is 10.3 Å². The number of carboxylic acid groups (broad SMARTS) is 1. The molecule has 1 aromatic carbocycles. The van der Waals surface area contributed by atoms with Gasteiger partial charge in [-0.05, 0) is 37.3 Å². The summed E-state index contributed by atoms with van der Waals surface area (Å²) in [5, 5.41) is 11.6. The number of nitrogens with zero attached hydrogens (tertiary/aromatic N) is 1. The third-order valence-corrected chi connectivity index (χ3v) is 2.73. The molecule has 1 amide bonds. The summed E-state index contributed by atoms with van der Waals surface area (Å²) in [6.45, 7) is 1.86. The number of carbonyl (C=O) groups excluding carboxylic acids is 1. The monoisotopic (exact) mass is 282 g/mol. The molecule has 1 aromatic heterocycles. The summed E-state index contributed by atoms with van der Waals surface area (Å²) in [7, 11) is 0. The van der Waals surface area contributed by atoms with Gasteiger partial charge in [0.25, 0.3) is 0 Å². The van der Waals surface area contributed by atoms with Gasteiger partial charge in [-0.2, -0.15) is 0 Å². The predicted octanol–water partition coefficient (Wildman–Crippen LogP) is 2.74. The maximum Gasteiger partial charge on any atom is 0.337 e. The summed E-state index contributed by atoms with van der Waals surface area (Å²) in [6, 6.07) is 11.7. The first-order valence-corrected chi connectivity index (χ1v) is 6.31. The summed E-state index contributed by atoms with van der Waals surface area (Å²) in [5.41, 5.74) is 1.83. The van der Waals surface area contributed by atoms with E-state index in [1.54, 1.807) is 30.3 Å². The first-order valence-electron chi connectivity index (χ1n) is 6.31. The highest BCUT2D eigenvalue weighted by atomic mass is 16.4. The van der Waals surface area contributed by atoms with E-state index in [0.29, 0.717) is 5.69 Å². The van der Waals surface area contributed by atoms with E-state index in [1.807, 2.05) is 19.1 Å². The smallest absolute Gasteiger partial charge is 0.337 e. The number of aryl methyl sites for hydroxylation is 1. The molecule has 0 fully saturated rings. The number of hydrogen-bond acceptors (Lipinski definition) is 3.